The Labute approximate surface area is 162 Å². The van der Waals surface area contributed by atoms with E-state index in [1.807, 2.05) is 30.5 Å². The number of amides is 2. The van der Waals surface area contributed by atoms with E-state index in [1.54, 1.807) is 19.1 Å². The molecule has 2 aromatic carbocycles. The first kappa shape index (κ1) is 19.2. The van der Waals surface area contributed by atoms with Crippen LogP contribution in [-0.2, 0) is 20.7 Å². The second-order valence-corrected chi connectivity index (χ2v) is 6.12. The highest BCUT2D eigenvalue weighted by Gasteiger charge is 2.14. The normalized spacial score (nSPS) is 10.5. The minimum absolute atomic E-state index is 0.288. The number of fused-ring (bicyclic) bond motifs is 1. The number of H-pyrrole nitrogens is 1. The van der Waals surface area contributed by atoms with Crippen molar-refractivity contribution >= 4 is 34.4 Å². The molecule has 0 unspecified atom stereocenters. The molecule has 144 valence electrons. The predicted octanol–water partition coefficient (Wildman–Crippen LogP) is 2.64. The van der Waals surface area contributed by atoms with Crippen LogP contribution in [-0.4, -0.2) is 35.9 Å². The topological polar surface area (TPSA) is 100 Å². The molecule has 0 fully saturated rings. The van der Waals surface area contributed by atoms with Gasteiger partial charge in [-0.15, -0.1) is 0 Å². The number of aromatic nitrogens is 1. The fourth-order valence-electron chi connectivity index (χ4n) is 2.82. The van der Waals surface area contributed by atoms with Crippen LogP contribution in [0.25, 0.3) is 10.9 Å². The second kappa shape index (κ2) is 8.85. The number of esters is 1. The quantitative estimate of drug-likeness (QED) is 0.453. The zero-order valence-electron chi connectivity index (χ0n) is 15.5. The summed E-state index contributed by atoms with van der Waals surface area (Å²) in [7, 11) is 0. The van der Waals surface area contributed by atoms with Crippen molar-refractivity contribution in [1.82, 2.24) is 10.3 Å². The zero-order valence-corrected chi connectivity index (χ0v) is 15.5. The number of carbonyl (C=O) groups excluding carboxylic acids is 3. The maximum absolute atomic E-state index is 12.0. The van der Waals surface area contributed by atoms with Crippen LogP contribution >= 0.6 is 0 Å². The summed E-state index contributed by atoms with van der Waals surface area (Å²) in [6, 6.07) is 14.1. The molecule has 28 heavy (non-hydrogen) atoms. The molecule has 3 rings (SSSR count). The molecule has 1 aromatic heterocycles. The molecule has 0 spiro atoms. The van der Waals surface area contributed by atoms with E-state index >= 15 is 0 Å². The molecule has 0 aliphatic carbocycles. The number of rotatable bonds is 6. The van der Waals surface area contributed by atoms with Gasteiger partial charge in [-0.2, -0.15) is 0 Å². The van der Waals surface area contributed by atoms with Crippen molar-refractivity contribution in [3.8, 4) is 0 Å². The number of nitrogens with one attached hydrogen (secondary N) is 3. The maximum Gasteiger partial charge on any atom is 0.338 e. The molecular formula is C21H21N3O4. The van der Waals surface area contributed by atoms with E-state index in [1.165, 1.54) is 12.1 Å². The minimum atomic E-state index is -0.761. The van der Waals surface area contributed by atoms with Gasteiger partial charge in [0.2, 0.25) is 0 Å². The van der Waals surface area contributed by atoms with Crippen LogP contribution in [0.15, 0.2) is 54.7 Å². The van der Waals surface area contributed by atoms with Crippen molar-refractivity contribution in [2.24, 2.45) is 0 Å². The summed E-state index contributed by atoms with van der Waals surface area (Å²) < 4.78 is 4.90. The van der Waals surface area contributed by atoms with Gasteiger partial charge in [0.15, 0.2) is 0 Å². The molecule has 0 saturated heterocycles. The Morgan fingerprint density at radius 1 is 1.00 bits per heavy atom. The standard InChI is InChI=1S/C21H21N3O4/c1-2-28-21(27)14-7-9-16(10-8-14)24-20(26)19(25)22-12-11-15-13-23-18-6-4-3-5-17(15)18/h3-10,13,23H,2,11-12H2,1H3,(H,22,25)(H,24,26). The van der Waals surface area contributed by atoms with Crippen LogP contribution in [0.1, 0.15) is 22.8 Å². The summed E-state index contributed by atoms with van der Waals surface area (Å²) in [5, 5.41) is 6.22. The average molecular weight is 379 g/mol. The van der Waals surface area contributed by atoms with Gasteiger partial charge >= 0.3 is 17.8 Å². The van der Waals surface area contributed by atoms with Crippen molar-refractivity contribution in [2.75, 3.05) is 18.5 Å². The van der Waals surface area contributed by atoms with E-state index in [0.717, 1.165) is 16.5 Å². The molecule has 0 radical (unpaired) electrons. The third-order valence-electron chi connectivity index (χ3n) is 4.21. The Morgan fingerprint density at radius 2 is 1.75 bits per heavy atom. The molecule has 3 N–H and O–H groups in total. The highest BCUT2D eigenvalue weighted by atomic mass is 16.5. The van der Waals surface area contributed by atoms with E-state index in [-0.39, 0.29) is 6.61 Å². The van der Waals surface area contributed by atoms with Crippen molar-refractivity contribution in [1.29, 1.82) is 0 Å². The van der Waals surface area contributed by atoms with E-state index < -0.39 is 17.8 Å². The van der Waals surface area contributed by atoms with Crippen LogP contribution < -0.4 is 10.6 Å². The third-order valence-corrected chi connectivity index (χ3v) is 4.21. The number of benzene rings is 2. The zero-order chi connectivity index (χ0) is 19.9. The molecular weight excluding hydrogens is 358 g/mol. The first-order valence-electron chi connectivity index (χ1n) is 9.00. The first-order chi connectivity index (χ1) is 13.6. The molecule has 2 amide bonds. The Bertz CT molecular complexity index is 992. The van der Waals surface area contributed by atoms with Gasteiger partial charge in [0.05, 0.1) is 12.2 Å². The molecule has 0 bridgehead atoms. The lowest BCUT2D eigenvalue weighted by atomic mass is 10.1. The lowest BCUT2D eigenvalue weighted by Crippen LogP contribution is -2.36. The van der Waals surface area contributed by atoms with Crippen molar-refractivity contribution in [3.63, 3.8) is 0 Å². The van der Waals surface area contributed by atoms with Gasteiger partial charge in [0, 0.05) is 29.3 Å². The van der Waals surface area contributed by atoms with Gasteiger partial charge in [0.1, 0.15) is 0 Å². The van der Waals surface area contributed by atoms with Crippen molar-refractivity contribution in [3.05, 3.63) is 65.9 Å². The largest absolute Gasteiger partial charge is 0.462 e. The van der Waals surface area contributed by atoms with Gasteiger partial charge in [-0.05, 0) is 49.2 Å². The number of aromatic amines is 1. The summed E-state index contributed by atoms with van der Waals surface area (Å²) in [6.45, 7) is 2.36. The van der Waals surface area contributed by atoms with Crippen LogP contribution in [0.2, 0.25) is 0 Å². The van der Waals surface area contributed by atoms with Crippen molar-refractivity contribution in [2.45, 2.75) is 13.3 Å². The molecule has 0 aliphatic rings. The van der Waals surface area contributed by atoms with Gasteiger partial charge in [0.25, 0.3) is 0 Å². The predicted molar refractivity (Wildman–Crippen MR) is 106 cm³/mol. The van der Waals surface area contributed by atoms with E-state index in [2.05, 4.69) is 15.6 Å². The number of hydrogen-bond donors (Lipinski definition) is 3. The molecule has 0 atom stereocenters. The molecule has 7 heteroatoms. The maximum atomic E-state index is 12.0. The highest BCUT2D eigenvalue weighted by molar-refractivity contribution is 6.39. The lowest BCUT2D eigenvalue weighted by Gasteiger charge is -2.07. The van der Waals surface area contributed by atoms with Crippen LogP contribution in [0.4, 0.5) is 5.69 Å². The summed E-state index contributed by atoms with van der Waals surface area (Å²) in [5.41, 5.74) is 2.91. The average Bonchev–Trinajstić information content (AvgIpc) is 3.12. The Morgan fingerprint density at radius 3 is 2.50 bits per heavy atom. The summed E-state index contributed by atoms with van der Waals surface area (Å²) >= 11 is 0. The SMILES string of the molecule is CCOC(=O)c1ccc(NC(=O)C(=O)NCCc2c[nH]c3ccccc23)cc1. The second-order valence-electron chi connectivity index (χ2n) is 6.12. The van der Waals surface area contributed by atoms with Crippen LogP contribution in [0.5, 0.6) is 0 Å². The Hall–Kier alpha value is -3.61. The monoisotopic (exact) mass is 379 g/mol. The van der Waals surface area contributed by atoms with Gasteiger partial charge in [-0.1, -0.05) is 18.2 Å². The fraction of sp³-hybridized carbons (Fsp3) is 0.190. The Balaban J connectivity index is 1.49. The number of para-hydroxylation sites is 1. The van der Waals surface area contributed by atoms with E-state index in [9.17, 15) is 14.4 Å². The molecule has 0 aliphatic heterocycles. The number of ether oxygens (including phenoxy) is 1. The van der Waals surface area contributed by atoms with E-state index in [0.29, 0.717) is 24.2 Å². The van der Waals surface area contributed by atoms with Crippen LogP contribution in [0.3, 0.4) is 0 Å². The van der Waals surface area contributed by atoms with Gasteiger partial charge < -0.3 is 20.4 Å². The summed E-state index contributed by atoms with van der Waals surface area (Å²) in [5.74, 6) is -1.91. The smallest absolute Gasteiger partial charge is 0.338 e. The van der Waals surface area contributed by atoms with Gasteiger partial charge in [-0.3, -0.25) is 9.59 Å². The molecule has 7 nitrogen and oxygen atoms in total. The highest BCUT2D eigenvalue weighted by Crippen LogP contribution is 2.17. The minimum Gasteiger partial charge on any atom is -0.462 e. The summed E-state index contributed by atoms with van der Waals surface area (Å²) in [6.07, 6.45) is 2.51. The Kier molecular flexibility index (Phi) is 6.06. The number of hydrogen-bond acceptors (Lipinski definition) is 4. The van der Waals surface area contributed by atoms with Gasteiger partial charge in [-0.25, -0.2) is 4.79 Å². The van der Waals surface area contributed by atoms with Crippen molar-refractivity contribution < 1.29 is 19.1 Å². The molecule has 3 aromatic rings. The van der Waals surface area contributed by atoms with Crippen LogP contribution in [0, 0.1) is 0 Å². The summed E-state index contributed by atoms with van der Waals surface area (Å²) in [4.78, 5) is 38.8. The third kappa shape index (κ3) is 4.56. The lowest BCUT2D eigenvalue weighted by molar-refractivity contribution is -0.136. The fourth-order valence-corrected chi connectivity index (χ4v) is 2.82. The number of carbonyl (C=O) groups is 3. The molecule has 0 saturated carbocycles. The molecule has 1 heterocycles. The van der Waals surface area contributed by atoms with E-state index in [4.69, 9.17) is 4.74 Å². The first-order valence-corrected chi connectivity index (χ1v) is 9.00. The number of anilines is 1.